The molecule has 0 bridgehead atoms. The summed E-state index contributed by atoms with van der Waals surface area (Å²) in [5.41, 5.74) is 5.38. The van der Waals surface area contributed by atoms with E-state index in [0.717, 1.165) is 32.5 Å². The van der Waals surface area contributed by atoms with Gasteiger partial charge in [0.2, 0.25) is 0 Å². The van der Waals surface area contributed by atoms with Crippen molar-refractivity contribution < 1.29 is 9.90 Å². The number of nitrogens with one attached hydrogen (secondary N) is 3. The minimum atomic E-state index is -0.915. The highest BCUT2D eigenvalue weighted by atomic mass is 16.4. The summed E-state index contributed by atoms with van der Waals surface area (Å²) in [6.07, 6.45) is 2.54. The molecule has 1 aliphatic rings. The van der Waals surface area contributed by atoms with E-state index in [4.69, 9.17) is 10.8 Å². The summed E-state index contributed by atoms with van der Waals surface area (Å²) in [6, 6.07) is -0.715. The van der Waals surface area contributed by atoms with E-state index >= 15 is 0 Å². The molecule has 1 aliphatic heterocycles. The molecule has 6 nitrogen and oxygen atoms in total. The first-order valence-electron chi connectivity index (χ1n) is 5.38. The molecule has 0 aromatic carbocycles. The number of carboxylic acid groups (broad SMARTS) is 1. The lowest BCUT2D eigenvalue weighted by Crippen LogP contribution is -2.45. The number of hydrogen-bond acceptors (Lipinski definition) is 5. The van der Waals surface area contributed by atoms with Gasteiger partial charge in [-0.3, -0.25) is 20.7 Å². The first kappa shape index (κ1) is 12.4. The average molecular weight is 216 g/mol. The Morgan fingerprint density at radius 3 is 2.73 bits per heavy atom. The van der Waals surface area contributed by atoms with Crippen molar-refractivity contribution in [2.75, 3.05) is 19.6 Å². The second kappa shape index (κ2) is 6.73. The number of aliphatic carboxylic acids is 1. The van der Waals surface area contributed by atoms with E-state index in [1.807, 2.05) is 0 Å². The van der Waals surface area contributed by atoms with Gasteiger partial charge < -0.3 is 10.8 Å². The van der Waals surface area contributed by atoms with Gasteiger partial charge in [-0.2, -0.15) is 0 Å². The summed E-state index contributed by atoms with van der Waals surface area (Å²) in [5, 5.41) is 18.3. The molecule has 0 spiro atoms. The molecule has 0 aromatic heterocycles. The molecule has 0 saturated carbocycles. The van der Waals surface area contributed by atoms with Crippen molar-refractivity contribution in [3.8, 4) is 0 Å². The zero-order chi connectivity index (χ0) is 11.1. The van der Waals surface area contributed by atoms with Crippen LogP contribution >= 0.6 is 0 Å². The molecule has 1 heterocycles. The van der Waals surface area contributed by atoms with Gasteiger partial charge in [0.05, 0.1) is 0 Å². The van der Waals surface area contributed by atoms with Gasteiger partial charge in [0.1, 0.15) is 12.3 Å². The van der Waals surface area contributed by atoms with Crippen molar-refractivity contribution in [1.82, 2.24) is 16.0 Å². The molecule has 0 radical (unpaired) electrons. The Labute approximate surface area is 89.6 Å². The van der Waals surface area contributed by atoms with Crippen molar-refractivity contribution >= 4 is 5.97 Å². The van der Waals surface area contributed by atoms with Crippen molar-refractivity contribution in [2.45, 2.75) is 31.6 Å². The summed E-state index contributed by atoms with van der Waals surface area (Å²) < 4.78 is 0. The fourth-order valence-corrected chi connectivity index (χ4v) is 1.51. The van der Waals surface area contributed by atoms with Crippen LogP contribution < -0.4 is 21.7 Å². The maximum absolute atomic E-state index is 10.4. The van der Waals surface area contributed by atoms with Crippen molar-refractivity contribution in [3.05, 3.63) is 0 Å². The minimum absolute atomic E-state index is 0.207. The summed E-state index contributed by atoms with van der Waals surface area (Å²) in [4.78, 5) is 10.4. The van der Waals surface area contributed by atoms with Gasteiger partial charge >= 0.3 is 5.97 Å². The maximum atomic E-state index is 10.4. The number of unbranched alkanes of at least 4 members (excludes halogenated alkanes) is 1. The quantitative estimate of drug-likeness (QED) is 0.337. The van der Waals surface area contributed by atoms with Crippen LogP contribution in [0.25, 0.3) is 0 Å². The topological polar surface area (TPSA) is 99.4 Å². The second-order valence-corrected chi connectivity index (χ2v) is 3.74. The van der Waals surface area contributed by atoms with Crippen LogP contribution in [0.15, 0.2) is 0 Å². The van der Waals surface area contributed by atoms with Gasteiger partial charge in [-0.15, -0.1) is 0 Å². The molecule has 0 aliphatic carbocycles. The second-order valence-electron chi connectivity index (χ2n) is 3.74. The minimum Gasteiger partial charge on any atom is -0.480 e. The van der Waals surface area contributed by atoms with E-state index < -0.39 is 12.0 Å². The van der Waals surface area contributed by atoms with E-state index in [-0.39, 0.29) is 6.29 Å². The largest absolute Gasteiger partial charge is 0.480 e. The molecular formula is C9H20N4O2. The highest BCUT2D eigenvalue weighted by Crippen LogP contribution is 1.98. The normalized spacial score (nSPS) is 19.3. The molecule has 15 heavy (non-hydrogen) atoms. The Bertz CT molecular complexity index is 195. The van der Waals surface area contributed by atoms with Gasteiger partial charge in [0, 0.05) is 13.1 Å². The molecule has 1 fully saturated rings. The fraction of sp³-hybridized carbons (Fsp3) is 0.889. The molecule has 0 unspecified atom stereocenters. The number of nitrogens with two attached hydrogens (primary N) is 1. The zero-order valence-electron chi connectivity index (χ0n) is 8.83. The van der Waals surface area contributed by atoms with Gasteiger partial charge in [-0.05, 0) is 19.4 Å². The Hall–Kier alpha value is -0.690. The molecule has 6 N–H and O–H groups in total. The molecule has 1 saturated heterocycles. The summed E-state index contributed by atoms with van der Waals surface area (Å²) in [5.74, 6) is -0.915. The average Bonchev–Trinajstić information content (AvgIpc) is 2.69. The van der Waals surface area contributed by atoms with E-state index in [0.29, 0.717) is 6.42 Å². The summed E-state index contributed by atoms with van der Waals surface area (Å²) >= 11 is 0. The number of rotatable bonds is 7. The first-order valence-corrected chi connectivity index (χ1v) is 5.38. The first-order chi connectivity index (χ1) is 7.20. The molecule has 1 atom stereocenters. The van der Waals surface area contributed by atoms with Crippen LogP contribution in [0.1, 0.15) is 19.3 Å². The van der Waals surface area contributed by atoms with Crippen LogP contribution in [0.3, 0.4) is 0 Å². The highest BCUT2D eigenvalue weighted by Gasteiger charge is 2.12. The number of carboxylic acids is 1. The monoisotopic (exact) mass is 216 g/mol. The van der Waals surface area contributed by atoms with Crippen LogP contribution in [0.2, 0.25) is 0 Å². The molecule has 0 amide bonds. The van der Waals surface area contributed by atoms with Crippen molar-refractivity contribution in [3.63, 3.8) is 0 Å². The molecule has 0 aromatic rings. The third kappa shape index (κ3) is 5.08. The van der Waals surface area contributed by atoms with E-state index in [9.17, 15) is 4.79 Å². The fourth-order valence-electron chi connectivity index (χ4n) is 1.51. The number of carbonyl (C=O) groups is 1. The van der Waals surface area contributed by atoms with Gasteiger partial charge in [0.25, 0.3) is 0 Å². The smallest absolute Gasteiger partial charge is 0.320 e. The van der Waals surface area contributed by atoms with Crippen molar-refractivity contribution in [1.29, 1.82) is 0 Å². The Balaban J connectivity index is 1.90. The van der Waals surface area contributed by atoms with E-state index in [1.54, 1.807) is 0 Å². The molecular weight excluding hydrogens is 196 g/mol. The van der Waals surface area contributed by atoms with Crippen LogP contribution in [0, 0.1) is 0 Å². The van der Waals surface area contributed by atoms with Gasteiger partial charge in [0.15, 0.2) is 0 Å². The van der Waals surface area contributed by atoms with E-state index in [1.165, 1.54) is 0 Å². The third-order valence-electron chi connectivity index (χ3n) is 2.43. The standard InChI is InChI=1S/C9H20N4O2/c10-7(8(14)15)3-1-2-4-11-9-12-5-6-13-9/h7,9,11-13H,1-6,10H2,(H,14,15)/t7-/m0/s1. The highest BCUT2D eigenvalue weighted by molar-refractivity contribution is 5.72. The Morgan fingerprint density at radius 2 is 2.13 bits per heavy atom. The lowest BCUT2D eigenvalue weighted by molar-refractivity contribution is -0.138. The summed E-state index contributed by atoms with van der Waals surface area (Å²) in [7, 11) is 0. The predicted molar refractivity (Wildman–Crippen MR) is 57.3 cm³/mol. The Kier molecular flexibility index (Phi) is 5.56. The lowest BCUT2D eigenvalue weighted by atomic mass is 10.1. The molecule has 1 rings (SSSR count). The third-order valence-corrected chi connectivity index (χ3v) is 2.43. The van der Waals surface area contributed by atoms with Gasteiger partial charge in [-0.1, -0.05) is 6.42 Å². The molecule has 88 valence electrons. The van der Waals surface area contributed by atoms with Crippen molar-refractivity contribution in [2.24, 2.45) is 5.73 Å². The van der Waals surface area contributed by atoms with Crippen LogP contribution in [0.5, 0.6) is 0 Å². The Morgan fingerprint density at radius 1 is 1.47 bits per heavy atom. The SMILES string of the molecule is N[C@@H](CCCCNC1NCCN1)C(=O)O. The molecule has 6 heteroatoms. The van der Waals surface area contributed by atoms with Crippen LogP contribution in [0.4, 0.5) is 0 Å². The van der Waals surface area contributed by atoms with Gasteiger partial charge in [-0.25, -0.2) is 0 Å². The zero-order valence-corrected chi connectivity index (χ0v) is 8.83. The predicted octanol–water partition coefficient (Wildman–Crippen LogP) is -1.37. The lowest BCUT2D eigenvalue weighted by Gasteiger charge is -2.13. The maximum Gasteiger partial charge on any atom is 0.320 e. The van der Waals surface area contributed by atoms with Crippen LogP contribution in [-0.2, 0) is 4.79 Å². The summed E-state index contributed by atoms with van der Waals surface area (Å²) in [6.45, 7) is 2.85. The number of hydrogen-bond donors (Lipinski definition) is 5. The van der Waals surface area contributed by atoms with Crippen LogP contribution in [-0.4, -0.2) is 43.0 Å². The van der Waals surface area contributed by atoms with E-state index in [2.05, 4.69) is 16.0 Å².